The molecule has 9 heteroatoms. The van der Waals surface area contributed by atoms with Gasteiger partial charge in [0, 0.05) is 28.3 Å². The van der Waals surface area contributed by atoms with Crippen molar-refractivity contribution < 1.29 is 31.3 Å². The topological polar surface area (TPSA) is 95.0 Å². The van der Waals surface area contributed by atoms with E-state index in [-0.39, 0.29) is 35.0 Å². The van der Waals surface area contributed by atoms with E-state index in [0.717, 1.165) is 0 Å². The molecule has 140 valence electrons. The third-order valence-electron chi connectivity index (χ3n) is 4.11. The lowest BCUT2D eigenvalue weighted by molar-refractivity contribution is -0.667. The summed E-state index contributed by atoms with van der Waals surface area (Å²) >= 11 is 5.84. The Morgan fingerprint density at radius 2 is 1.93 bits per heavy atom. The molecule has 0 amide bonds. The van der Waals surface area contributed by atoms with Crippen LogP contribution in [0.5, 0.6) is 0 Å². The van der Waals surface area contributed by atoms with Gasteiger partial charge in [-0.3, -0.25) is 20.6 Å². The van der Waals surface area contributed by atoms with E-state index in [9.17, 15) is 14.9 Å². The number of nitro groups is 1. The number of carbonyl (C=O) groups is 1. The molecule has 2 N–H and O–H groups in total. The smallest absolute Gasteiger partial charge is 0.355 e. The van der Waals surface area contributed by atoms with Crippen LogP contribution in [0.3, 0.4) is 0 Å². The van der Waals surface area contributed by atoms with Gasteiger partial charge in [-0.05, 0) is 24.3 Å². The van der Waals surface area contributed by atoms with Gasteiger partial charge < -0.3 is 17.0 Å². The number of imidazole rings is 1. The summed E-state index contributed by atoms with van der Waals surface area (Å²) in [6.07, 6.45) is 1.71. The molecule has 0 bridgehead atoms. The number of non-ortho nitro benzene ring substituents is 1. The normalized spacial score (nSPS) is 10.3. The third kappa shape index (κ3) is 4.35. The Bertz CT molecular complexity index is 1000. The predicted octanol–water partition coefficient (Wildman–Crippen LogP) is 0.0103. The first-order valence-electron chi connectivity index (χ1n) is 7.75. The number of ketones is 1. The number of anilines is 1. The van der Waals surface area contributed by atoms with Crippen LogP contribution in [0.4, 0.5) is 11.6 Å². The van der Waals surface area contributed by atoms with Crippen molar-refractivity contribution in [3.63, 3.8) is 0 Å². The number of nitrogen functional groups attached to an aromatic ring is 1. The zero-order chi connectivity index (χ0) is 18.8. The van der Waals surface area contributed by atoms with Crippen LogP contribution < -0.4 is 27.3 Å². The van der Waals surface area contributed by atoms with Crippen LogP contribution in [0, 0.1) is 10.1 Å². The Labute approximate surface area is 170 Å². The maximum absolute atomic E-state index is 12.5. The minimum absolute atomic E-state index is 0. The quantitative estimate of drug-likeness (QED) is 0.256. The first kappa shape index (κ1) is 20.6. The number of aromatic nitrogens is 2. The van der Waals surface area contributed by atoms with Crippen LogP contribution in [-0.2, 0) is 13.6 Å². The molecule has 0 aliphatic heterocycles. The van der Waals surface area contributed by atoms with E-state index < -0.39 is 4.92 Å². The Morgan fingerprint density at radius 1 is 1.26 bits per heavy atom. The average molecular weight is 452 g/mol. The van der Waals surface area contributed by atoms with Crippen molar-refractivity contribution >= 4 is 29.0 Å². The number of Topliss-reactive ketones (excluding diaryl/α,β-unsaturated/α-hetero) is 1. The van der Waals surface area contributed by atoms with Crippen LogP contribution >= 0.6 is 11.6 Å². The molecule has 0 aliphatic rings. The van der Waals surface area contributed by atoms with E-state index in [0.29, 0.717) is 27.8 Å². The predicted molar refractivity (Wildman–Crippen MR) is 97.9 cm³/mol. The molecule has 0 fully saturated rings. The lowest BCUT2D eigenvalue weighted by Gasteiger charge is -2.00. The second kappa shape index (κ2) is 8.32. The summed E-state index contributed by atoms with van der Waals surface area (Å²) in [6.45, 7) is 0.0518. The van der Waals surface area contributed by atoms with Crippen molar-refractivity contribution in [3.8, 4) is 11.3 Å². The largest absolute Gasteiger partial charge is 1.00 e. The maximum atomic E-state index is 12.5. The van der Waals surface area contributed by atoms with Gasteiger partial charge in [0.05, 0.1) is 12.0 Å². The summed E-state index contributed by atoms with van der Waals surface area (Å²) in [7, 11) is 1.74. The number of carbonyl (C=O) groups excluding carboxylic acids is 1. The van der Waals surface area contributed by atoms with Gasteiger partial charge in [0.1, 0.15) is 18.4 Å². The van der Waals surface area contributed by atoms with E-state index in [1.54, 1.807) is 58.8 Å². The molecule has 0 saturated carbocycles. The first-order chi connectivity index (χ1) is 12.4. The molecule has 0 atom stereocenters. The molecule has 1 heterocycles. The minimum Gasteiger partial charge on any atom is -1.00 e. The number of halogens is 2. The number of nitrogens with two attached hydrogens (primary N) is 1. The molecule has 7 nitrogen and oxygen atoms in total. The fourth-order valence-electron chi connectivity index (χ4n) is 2.67. The zero-order valence-corrected chi connectivity index (χ0v) is 16.6. The van der Waals surface area contributed by atoms with Crippen molar-refractivity contribution in [1.29, 1.82) is 0 Å². The molecule has 3 aromatic rings. The second-order valence-corrected chi connectivity index (χ2v) is 6.23. The Hall–Kier alpha value is -2.71. The van der Waals surface area contributed by atoms with E-state index >= 15 is 0 Å². The highest BCUT2D eigenvalue weighted by atomic mass is 79.9. The highest BCUT2D eigenvalue weighted by Gasteiger charge is 2.21. The highest BCUT2D eigenvalue weighted by Crippen LogP contribution is 2.24. The average Bonchev–Trinajstić information content (AvgIpc) is 2.91. The van der Waals surface area contributed by atoms with Gasteiger partial charge in [-0.15, -0.1) is 0 Å². The lowest BCUT2D eigenvalue weighted by Crippen LogP contribution is -3.00. The summed E-state index contributed by atoms with van der Waals surface area (Å²) in [6, 6.07) is 12.9. The van der Waals surface area contributed by atoms with Crippen molar-refractivity contribution in [2.75, 3.05) is 5.73 Å². The summed E-state index contributed by atoms with van der Waals surface area (Å²) in [5, 5.41) is 11.5. The molecule has 0 spiro atoms. The van der Waals surface area contributed by atoms with E-state index in [4.69, 9.17) is 17.3 Å². The summed E-state index contributed by atoms with van der Waals surface area (Å²) < 4.78 is 3.30. The fraction of sp³-hybridized carbons (Fsp3) is 0.111. The standard InChI is InChI=1S/C18H15ClN4O3.BrH/c1-21-16(13-3-2-4-15(9-13)23(25)26)10-22(18(21)20)11-17(24)12-5-7-14(19)8-6-12;/h2-10,20H,11H2,1H3;1H. The second-order valence-electron chi connectivity index (χ2n) is 5.80. The molecule has 3 rings (SSSR count). The highest BCUT2D eigenvalue weighted by molar-refractivity contribution is 6.30. The zero-order valence-electron chi connectivity index (χ0n) is 14.3. The molecule has 0 radical (unpaired) electrons. The van der Waals surface area contributed by atoms with Crippen molar-refractivity contribution in [2.24, 2.45) is 7.05 Å². The maximum Gasteiger partial charge on any atom is 0.355 e. The van der Waals surface area contributed by atoms with Gasteiger partial charge in [0.2, 0.25) is 0 Å². The number of nitro benzene ring substituents is 1. The molecule has 0 unspecified atom stereocenters. The molecular formula is C18H16BrClN4O3. The van der Waals surface area contributed by atoms with Crippen LogP contribution in [-0.4, -0.2) is 15.3 Å². The van der Waals surface area contributed by atoms with Crippen molar-refractivity contribution in [1.82, 2.24) is 4.57 Å². The summed E-state index contributed by atoms with van der Waals surface area (Å²) in [4.78, 5) is 23.0. The van der Waals surface area contributed by atoms with E-state index in [2.05, 4.69) is 0 Å². The van der Waals surface area contributed by atoms with Gasteiger partial charge in [0.25, 0.3) is 5.69 Å². The Kier molecular flexibility index (Phi) is 6.35. The van der Waals surface area contributed by atoms with Gasteiger partial charge in [-0.2, -0.15) is 0 Å². The van der Waals surface area contributed by atoms with E-state index in [1.165, 1.54) is 12.1 Å². The van der Waals surface area contributed by atoms with Gasteiger partial charge in [0.15, 0.2) is 5.78 Å². The molecule has 0 saturated heterocycles. The van der Waals surface area contributed by atoms with E-state index in [1.807, 2.05) is 0 Å². The Balaban J connectivity index is 0.00000261. The molecule has 0 aliphatic carbocycles. The first-order valence-corrected chi connectivity index (χ1v) is 8.13. The van der Waals surface area contributed by atoms with Crippen molar-refractivity contribution in [2.45, 2.75) is 6.54 Å². The minimum atomic E-state index is -0.450. The van der Waals surface area contributed by atoms with Crippen LogP contribution in [0.1, 0.15) is 10.4 Å². The molecule has 1 aromatic heterocycles. The van der Waals surface area contributed by atoms with Crippen molar-refractivity contribution in [3.05, 3.63) is 75.4 Å². The monoisotopic (exact) mass is 450 g/mol. The van der Waals surface area contributed by atoms with Gasteiger partial charge >= 0.3 is 5.95 Å². The van der Waals surface area contributed by atoms with Gasteiger partial charge in [-0.25, -0.2) is 9.13 Å². The number of hydrogen-bond acceptors (Lipinski definition) is 4. The number of hydrogen-bond donors (Lipinski definition) is 1. The Morgan fingerprint density at radius 3 is 2.56 bits per heavy atom. The molecule has 2 aromatic carbocycles. The molecular weight excluding hydrogens is 436 g/mol. The van der Waals surface area contributed by atoms with Crippen LogP contribution in [0.15, 0.2) is 54.7 Å². The summed E-state index contributed by atoms with van der Waals surface area (Å²) in [5.74, 6) is 0.253. The number of benzene rings is 2. The number of nitrogens with zero attached hydrogens (tertiary/aromatic N) is 3. The number of rotatable bonds is 5. The van der Waals surface area contributed by atoms with Crippen LogP contribution in [0.2, 0.25) is 5.02 Å². The lowest BCUT2D eigenvalue weighted by atomic mass is 10.1. The fourth-order valence-corrected chi connectivity index (χ4v) is 2.80. The van der Waals surface area contributed by atoms with Crippen LogP contribution in [0.25, 0.3) is 11.3 Å². The third-order valence-corrected chi connectivity index (χ3v) is 4.36. The SMILES string of the molecule is Cn1c(-c2cccc([N+](=O)[O-])c2)c[n+](CC(=O)c2ccc(Cl)cc2)c1N.[Br-]. The van der Waals surface area contributed by atoms with Gasteiger partial charge in [-0.1, -0.05) is 23.7 Å². The molecule has 27 heavy (non-hydrogen) atoms. The summed E-state index contributed by atoms with van der Waals surface area (Å²) in [5.41, 5.74) is 7.95.